The SMILES string of the molecule is Nc1nc(N2CCC2)nc2c1CC(=O)CN2Cc1cccc(CN2CCCC2)c1. The Hall–Kier alpha value is -2.67. The van der Waals surface area contributed by atoms with Crippen molar-refractivity contribution in [2.45, 2.75) is 38.8 Å². The van der Waals surface area contributed by atoms with Gasteiger partial charge in [-0.2, -0.15) is 9.97 Å². The first-order valence-electron chi connectivity index (χ1n) is 10.6. The van der Waals surface area contributed by atoms with Crippen molar-refractivity contribution in [2.75, 3.05) is 48.3 Å². The zero-order valence-electron chi connectivity index (χ0n) is 16.8. The van der Waals surface area contributed by atoms with Gasteiger partial charge in [0.1, 0.15) is 11.6 Å². The van der Waals surface area contributed by atoms with Crippen LogP contribution in [0.5, 0.6) is 0 Å². The maximum Gasteiger partial charge on any atom is 0.229 e. The van der Waals surface area contributed by atoms with E-state index in [1.54, 1.807) is 0 Å². The van der Waals surface area contributed by atoms with Crippen molar-refractivity contribution in [1.82, 2.24) is 14.9 Å². The Labute approximate surface area is 171 Å². The van der Waals surface area contributed by atoms with Crippen LogP contribution >= 0.6 is 0 Å². The number of anilines is 3. The summed E-state index contributed by atoms with van der Waals surface area (Å²) in [6.07, 6.45) is 4.08. The fourth-order valence-corrected chi connectivity index (χ4v) is 4.48. The van der Waals surface area contributed by atoms with Gasteiger partial charge in [0.2, 0.25) is 5.95 Å². The Morgan fingerprint density at radius 3 is 2.45 bits per heavy atom. The molecule has 0 unspecified atom stereocenters. The lowest BCUT2D eigenvalue weighted by atomic mass is 10.0. The number of nitrogens with two attached hydrogens (primary N) is 1. The summed E-state index contributed by atoms with van der Waals surface area (Å²) >= 11 is 0. The van der Waals surface area contributed by atoms with Gasteiger partial charge in [0, 0.05) is 38.2 Å². The van der Waals surface area contributed by atoms with Crippen LogP contribution in [0.1, 0.15) is 36.0 Å². The molecule has 0 bridgehead atoms. The number of nitrogen functional groups attached to an aromatic ring is 1. The lowest BCUT2D eigenvalue weighted by Gasteiger charge is -2.34. The molecule has 3 aliphatic rings. The molecule has 5 rings (SSSR count). The maximum atomic E-state index is 12.4. The number of hydrogen-bond acceptors (Lipinski definition) is 7. The van der Waals surface area contributed by atoms with E-state index in [0.29, 0.717) is 31.3 Å². The van der Waals surface area contributed by atoms with Crippen LogP contribution in [0.15, 0.2) is 24.3 Å². The number of rotatable bonds is 5. The van der Waals surface area contributed by atoms with Crippen molar-refractivity contribution in [3.05, 3.63) is 41.0 Å². The smallest absolute Gasteiger partial charge is 0.229 e. The van der Waals surface area contributed by atoms with Crippen molar-refractivity contribution < 1.29 is 4.79 Å². The fourth-order valence-electron chi connectivity index (χ4n) is 4.48. The Kier molecular flexibility index (Phi) is 4.83. The van der Waals surface area contributed by atoms with E-state index in [1.165, 1.54) is 37.1 Å². The third kappa shape index (κ3) is 3.79. The number of carbonyl (C=O) groups excluding carboxylic acids is 1. The van der Waals surface area contributed by atoms with Gasteiger partial charge in [-0.15, -0.1) is 0 Å². The van der Waals surface area contributed by atoms with Gasteiger partial charge in [-0.3, -0.25) is 9.69 Å². The third-order valence-electron chi connectivity index (χ3n) is 6.15. The van der Waals surface area contributed by atoms with Gasteiger partial charge in [0.25, 0.3) is 0 Å². The Morgan fingerprint density at radius 2 is 1.72 bits per heavy atom. The van der Waals surface area contributed by atoms with Crippen LogP contribution < -0.4 is 15.5 Å². The van der Waals surface area contributed by atoms with Crippen molar-refractivity contribution in [3.8, 4) is 0 Å². The average Bonchev–Trinajstić information content (AvgIpc) is 3.15. The summed E-state index contributed by atoms with van der Waals surface area (Å²) in [6, 6.07) is 8.71. The molecule has 0 saturated carbocycles. The summed E-state index contributed by atoms with van der Waals surface area (Å²) < 4.78 is 0. The normalized spacial score (nSPS) is 19.4. The zero-order valence-corrected chi connectivity index (χ0v) is 16.8. The van der Waals surface area contributed by atoms with Gasteiger partial charge in [-0.25, -0.2) is 0 Å². The quantitative estimate of drug-likeness (QED) is 0.834. The number of ketones is 1. The zero-order chi connectivity index (χ0) is 19.8. The molecule has 1 aromatic heterocycles. The molecule has 2 fully saturated rings. The Bertz CT molecular complexity index is 920. The second-order valence-electron chi connectivity index (χ2n) is 8.43. The largest absolute Gasteiger partial charge is 0.383 e. The minimum atomic E-state index is 0.165. The Morgan fingerprint density at radius 1 is 0.966 bits per heavy atom. The van der Waals surface area contributed by atoms with E-state index in [-0.39, 0.29) is 5.78 Å². The number of fused-ring (bicyclic) bond motifs is 1. The number of carbonyl (C=O) groups is 1. The van der Waals surface area contributed by atoms with E-state index in [1.807, 2.05) is 0 Å². The van der Waals surface area contributed by atoms with Gasteiger partial charge in [0.15, 0.2) is 5.78 Å². The number of nitrogens with zero attached hydrogens (tertiary/aromatic N) is 5. The van der Waals surface area contributed by atoms with Crippen molar-refractivity contribution >= 4 is 23.4 Å². The fraction of sp³-hybridized carbons (Fsp3) is 0.500. The van der Waals surface area contributed by atoms with Crippen LogP contribution in [-0.4, -0.2) is 53.4 Å². The molecule has 0 amide bonds. The van der Waals surface area contributed by atoms with Gasteiger partial charge in [0.05, 0.1) is 6.54 Å². The second kappa shape index (κ2) is 7.63. The van der Waals surface area contributed by atoms with E-state index in [4.69, 9.17) is 10.7 Å². The van der Waals surface area contributed by atoms with E-state index in [0.717, 1.165) is 37.4 Å². The molecule has 4 heterocycles. The van der Waals surface area contributed by atoms with Crippen molar-refractivity contribution in [3.63, 3.8) is 0 Å². The highest BCUT2D eigenvalue weighted by Crippen LogP contribution is 2.32. The van der Waals surface area contributed by atoms with Crippen LogP contribution in [-0.2, 0) is 24.3 Å². The molecule has 0 aliphatic carbocycles. The Balaban J connectivity index is 1.40. The number of hydrogen-bond donors (Lipinski definition) is 1. The first-order chi connectivity index (χ1) is 14.2. The number of Topliss-reactive ketones (excluding diaryl/α,β-unsaturated/α-hetero) is 1. The van der Waals surface area contributed by atoms with Gasteiger partial charge in [-0.05, 0) is 43.5 Å². The molecule has 152 valence electrons. The first-order valence-corrected chi connectivity index (χ1v) is 10.6. The molecule has 2 saturated heterocycles. The molecule has 7 nitrogen and oxygen atoms in total. The summed E-state index contributed by atoms with van der Waals surface area (Å²) in [4.78, 5) is 28.4. The van der Waals surface area contributed by atoms with Crippen LogP contribution in [0.4, 0.5) is 17.6 Å². The highest BCUT2D eigenvalue weighted by atomic mass is 16.1. The summed E-state index contributed by atoms with van der Waals surface area (Å²) in [6.45, 7) is 6.34. The predicted octanol–water partition coefficient (Wildman–Crippen LogP) is 2.00. The topological polar surface area (TPSA) is 78.6 Å². The first kappa shape index (κ1) is 18.4. The van der Waals surface area contributed by atoms with E-state index in [2.05, 4.69) is 43.9 Å². The predicted molar refractivity (Wildman–Crippen MR) is 114 cm³/mol. The number of aromatic nitrogens is 2. The van der Waals surface area contributed by atoms with E-state index >= 15 is 0 Å². The summed E-state index contributed by atoms with van der Waals surface area (Å²) in [5.74, 6) is 2.12. The summed E-state index contributed by atoms with van der Waals surface area (Å²) in [5.41, 5.74) is 9.54. The number of benzene rings is 1. The van der Waals surface area contributed by atoms with Crippen LogP contribution in [0.3, 0.4) is 0 Å². The molecule has 29 heavy (non-hydrogen) atoms. The summed E-state index contributed by atoms with van der Waals surface area (Å²) in [5, 5.41) is 0. The molecule has 7 heteroatoms. The van der Waals surface area contributed by atoms with Crippen molar-refractivity contribution in [1.29, 1.82) is 0 Å². The molecular formula is C22H28N6O. The summed E-state index contributed by atoms with van der Waals surface area (Å²) in [7, 11) is 0. The van der Waals surface area contributed by atoms with Gasteiger partial charge in [-0.1, -0.05) is 24.3 Å². The second-order valence-corrected chi connectivity index (χ2v) is 8.43. The average molecular weight is 393 g/mol. The van der Waals surface area contributed by atoms with Crippen LogP contribution in [0.25, 0.3) is 0 Å². The number of likely N-dealkylation sites (tertiary alicyclic amines) is 1. The van der Waals surface area contributed by atoms with Crippen LogP contribution in [0.2, 0.25) is 0 Å². The minimum Gasteiger partial charge on any atom is -0.383 e. The van der Waals surface area contributed by atoms with Crippen molar-refractivity contribution in [2.24, 2.45) is 0 Å². The molecule has 0 spiro atoms. The highest BCUT2D eigenvalue weighted by molar-refractivity contribution is 5.91. The molecule has 0 atom stereocenters. The maximum absolute atomic E-state index is 12.4. The molecule has 1 aromatic carbocycles. The van der Waals surface area contributed by atoms with Gasteiger partial charge >= 0.3 is 0 Å². The minimum absolute atomic E-state index is 0.165. The lowest BCUT2D eigenvalue weighted by Crippen LogP contribution is -2.41. The van der Waals surface area contributed by atoms with Gasteiger partial charge < -0.3 is 15.5 Å². The molecule has 2 aromatic rings. The standard InChI is InChI=1S/C22H28N6O/c23-20-19-12-18(29)15-28(21(19)25-22(24-20)27-9-4-10-27)14-17-6-3-5-16(11-17)13-26-7-1-2-8-26/h3,5-6,11H,1-2,4,7-10,12-15H2,(H2,23,24,25). The lowest BCUT2D eigenvalue weighted by molar-refractivity contribution is -0.117. The molecular weight excluding hydrogens is 364 g/mol. The monoisotopic (exact) mass is 392 g/mol. The van der Waals surface area contributed by atoms with E-state index in [9.17, 15) is 4.79 Å². The molecule has 0 radical (unpaired) electrons. The highest BCUT2D eigenvalue weighted by Gasteiger charge is 2.29. The van der Waals surface area contributed by atoms with Crippen LogP contribution in [0, 0.1) is 0 Å². The molecule has 3 aliphatic heterocycles. The molecule has 2 N–H and O–H groups in total. The van der Waals surface area contributed by atoms with E-state index < -0.39 is 0 Å². The third-order valence-corrected chi connectivity index (χ3v) is 6.15.